The Morgan fingerprint density at radius 1 is 1.47 bits per heavy atom. The Labute approximate surface area is 175 Å². The molecule has 1 aliphatic rings. The SMILES string of the molecule is C#CC[Se+](CC[C@H](N)C(N)=O)C[C@H]1O[C@@H](n2cnc3c(=O)[nH]c(N)nc32)[C@H](O)[C@@H]1O. The molecule has 2 aromatic heterocycles. The molecule has 1 fully saturated rings. The van der Waals surface area contributed by atoms with Gasteiger partial charge >= 0.3 is 175 Å². The summed E-state index contributed by atoms with van der Waals surface area (Å²) in [6.07, 6.45) is 3.01. The molecule has 6 atom stereocenters. The van der Waals surface area contributed by atoms with Crippen molar-refractivity contribution < 1.29 is 19.7 Å². The zero-order chi connectivity index (χ0) is 22.0. The van der Waals surface area contributed by atoms with E-state index in [2.05, 4.69) is 20.9 Å². The first-order valence-corrected chi connectivity index (χ1v) is 12.7. The number of ether oxygens (including phenoxy) is 1. The molecule has 0 radical (unpaired) electrons. The summed E-state index contributed by atoms with van der Waals surface area (Å²) in [5, 5.41) is 22.7. The number of imidazole rings is 1. The number of aromatic amines is 1. The van der Waals surface area contributed by atoms with Crippen molar-refractivity contribution in [1.82, 2.24) is 19.5 Å². The van der Waals surface area contributed by atoms with Gasteiger partial charge in [0.2, 0.25) is 0 Å². The summed E-state index contributed by atoms with van der Waals surface area (Å²) in [5.41, 5.74) is 16.2. The number of primary amides is 1. The molecule has 2 aromatic rings. The van der Waals surface area contributed by atoms with Gasteiger partial charge in [0.05, 0.1) is 0 Å². The number of nitrogen functional groups attached to an aromatic ring is 1. The van der Waals surface area contributed by atoms with Crippen LogP contribution in [0.1, 0.15) is 12.6 Å². The molecule has 12 nitrogen and oxygen atoms in total. The summed E-state index contributed by atoms with van der Waals surface area (Å²) in [7, 11) is 0. The number of hydrogen-bond acceptors (Lipinski definition) is 9. The van der Waals surface area contributed by atoms with E-state index in [9.17, 15) is 19.8 Å². The first-order valence-electron chi connectivity index (χ1n) is 9.09. The summed E-state index contributed by atoms with van der Waals surface area (Å²) in [4.78, 5) is 33.5. The minimum atomic E-state index is -1.50. The molecule has 0 aliphatic carbocycles. The molecule has 3 heterocycles. The van der Waals surface area contributed by atoms with Crippen molar-refractivity contribution in [2.75, 3.05) is 5.73 Å². The molecule has 13 heteroatoms. The third kappa shape index (κ3) is 4.49. The van der Waals surface area contributed by atoms with Gasteiger partial charge in [-0.1, -0.05) is 0 Å². The first-order chi connectivity index (χ1) is 14.2. The Hall–Kier alpha value is -2.46. The summed E-state index contributed by atoms with van der Waals surface area (Å²) in [6, 6.07) is -0.756. The molecule has 0 spiro atoms. The Morgan fingerprint density at radius 2 is 2.20 bits per heavy atom. The average Bonchev–Trinajstić information content (AvgIpc) is 3.22. The van der Waals surface area contributed by atoms with Crippen LogP contribution in [0.15, 0.2) is 11.1 Å². The number of terminal acetylenes is 1. The maximum atomic E-state index is 12.0. The zero-order valence-electron chi connectivity index (χ0n) is 16.0. The predicted octanol–water partition coefficient (Wildman–Crippen LogP) is -2.35. The summed E-state index contributed by atoms with van der Waals surface area (Å²) in [5.74, 6) is 1.93. The molecule has 3 rings (SSSR count). The molecule has 0 aromatic carbocycles. The number of carbonyl (C=O) groups is 1. The van der Waals surface area contributed by atoms with Crippen LogP contribution in [0.25, 0.3) is 11.2 Å². The average molecular weight is 485 g/mol. The van der Waals surface area contributed by atoms with Crippen LogP contribution in [0, 0.1) is 12.3 Å². The van der Waals surface area contributed by atoms with Crippen molar-refractivity contribution in [2.24, 2.45) is 11.5 Å². The van der Waals surface area contributed by atoms with Crippen LogP contribution in [-0.2, 0) is 9.53 Å². The Kier molecular flexibility index (Phi) is 6.77. The number of H-pyrrole nitrogens is 1. The van der Waals surface area contributed by atoms with Crippen molar-refractivity contribution in [3.05, 3.63) is 16.7 Å². The maximum absolute atomic E-state index is 12.0. The van der Waals surface area contributed by atoms with Crippen molar-refractivity contribution in [1.29, 1.82) is 0 Å². The molecule has 30 heavy (non-hydrogen) atoms. The van der Waals surface area contributed by atoms with Crippen LogP contribution in [0.5, 0.6) is 0 Å². The number of amides is 1. The van der Waals surface area contributed by atoms with Gasteiger partial charge in [0, 0.05) is 0 Å². The van der Waals surface area contributed by atoms with E-state index in [1.165, 1.54) is 10.9 Å². The van der Waals surface area contributed by atoms with Crippen molar-refractivity contribution in [3.8, 4) is 12.3 Å². The molecule has 1 unspecified atom stereocenters. The van der Waals surface area contributed by atoms with E-state index in [1.54, 1.807) is 0 Å². The van der Waals surface area contributed by atoms with E-state index in [-0.39, 0.29) is 17.1 Å². The first kappa shape index (κ1) is 22.2. The number of nitrogens with zero attached hydrogens (tertiary/aromatic N) is 3. The summed E-state index contributed by atoms with van der Waals surface area (Å²) >= 11 is -1.50. The number of rotatable bonds is 8. The Morgan fingerprint density at radius 3 is 2.87 bits per heavy atom. The number of anilines is 1. The number of aliphatic hydroxyl groups excluding tert-OH is 2. The fourth-order valence-electron chi connectivity index (χ4n) is 3.23. The van der Waals surface area contributed by atoms with E-state index in [1.807, 2.05) is 0 Å². The molecule has 1 saturated heterocycles. The standard InChI is InChI=1S/C17H23N7O5Se/c1-2-4-30(5-3-8(18)13(19)27)6-9-11(25)12(26)16(29-9)24-7-21-10-14(24)22-17(20)23-15(10)28/h1,7-9,11-12,16,25-26H,3-6,18H2,(H4-,19,20,22,23,27,28)/p+1/t8-,9+,11+,12+,16+,30?/m0/s1. The molecule has 1 amide bonds. The van der Waals surface area contributed by atoms with Gasteiger partial charge in [-0.2, -0.15) is 0 Å². The second-order valence-electron chi connectivity index (χ2n) is 6.95. The van der Waals surface area contributed by atoms with Crippen LogP contribution in [0.4, 0.5) is 5.95 Å². The quantitative estimate of drug-likeness (QED) is 0.174. The van der Waals surface area contributed by atoms with Crippen LogP contribution >= 0.6 is 0 Å². The molecule has 9 N–H and O–H groups in total. The van der Waals surface area contributed by atoms with Gasteiger partial charge in [-0.05, 0) is 0 Å². The van der Waals surface area contributed by atoms with Crippen LogP contribution in [0.2, 0.25) is 16.0 Å². The van der Waals surface area contributed by atoms with E-state index in [4.69, 9.17) is 28.4 Å². The summed E-state index contributed by atoms with van der Waals surface area (Å²) in [6.45, 7) is 0. The topological polar surface area (TPSA) is 208 Å². The van der Waals surface area contributed by atoms with Crippen molar-refractivity contribution in [3.63, 3.8) is 0 Å². The number of carbonyl (C=O) groups excluding carboxylic acids is 1. The molecule has 162 valence electrons. The predicted molar refractivity (Wildman–Crippen MR) is 109 cm³/mol. The third-order valence-corrected chi connectivity index (χ3v) is 9.42. The van der Waals surface area contributed by atoms with Gasteiger partial charge in [-0.25, -0.2) is 0 Å². The van der Waals surface area contributed by atoms with Gasteiger partial charge in [-0.3, -0.25) is 0 Å². The second kappa shape index (κ2) is 9.13. The van der Waals surface area contributed by atoms with Crippen LogP contribution < -0.4 is 22.8 Å². The minimum absolute atomic E-state index is 0.0389. The molecule has 0 saturated carbocycles. The number of hydrogen-bond donors (Lipinski definition) is 6. The molecule has 0 bridgehead atoms. The van der Waals surface area contributed by atoms with Crippen LogP contribution in [-0.4, -0.2) is 73.9 Å². The van der Waals surface area contributed by atoms with Gasteiger partial charge < -0.3 is 0 Å². The second-order valence-corrected chi connectivity index (χ2v) is 11.7. The number of aliphatic hydroxyl groups is 2. The number of nitrogens with two attached hydrogens (primary N) is 3. The molecule has 1 aliphatic heterocycles. The van der Waals surface area contributed by atoms with Crippen molar-refractivity contribution in [2.45, 2.75) is 53.0 Å². The van der Waals surface area contributed by atoms with Gasteiger partial charge in [-0.15, -0.1) is 0 Å². The Balaban J connectivity index is 1.77. The van der Waals surface area contributed by atoms with E-state index in [0.29, 0.717) is 22.4 Å². The number of fused-ring (bicyclic) bond motifs is 1. The van der Waals surface area contributed by atoms with Crippen LogP contribution in [0.3, 0.4) is 0 Å². The summed E-state index contributed by atoms with van der Waals surface area (Å²) < 4.78 is 7.29. The monoisotopic (exact) mass is 486 g/mol. The van der Waals surface area contributed by atoms with E-state index < -0.39 is 55.9 Å². The van der Waals surface area contributed by atoms with E-state index in [0.717, 1.165) is 0 Å². The Bertz CT molecular complexity index is 1020. The van der Waals surface area contributed by atoms with E-state index >= 15 is 0 Å². The fourth-order valence-corrected chi connectivity index (χ4v) is 7.41. The van der Waals surface area contributed by atoms with Crippen molar-refractivity contribution >= 4 is 36.9 Å². The van der Waals surface area contributed by atoms with Gasteiger partial charge in [0.25, 0.3) is 0 Å². The number of aromatic nitrogens is 4. The molecular formula is C17H24N7O5Se+. The third-order valence-electron chi connectivity index (χ3n) is 4.83. The zero-order valence-corrected chi connectivity index (χ0v) is 17.7. The normalized spacial score (nSPS) is 25.8. The fraction of sp³-hybridized carbons (Fsp3) is 0.529. The van der Waals surface area contributed by atoms with Gasteiger partial charge in [0.1, 0.15) is 0 Å². The molecular weight excluding hydrogens is 461 g/mol. The number of nitrogens with one attached hydrogen (secondary N) is 1. The van der Waals surface area contributed by atoms with Gasteiger partial charge in [0.15, 0.2) is 0 Å².